The van der Waals surface area contributed by atoms with Crippen molar-refractivity contribution >= 4 is 16.8 Å². The van der Waals surface area contributed by atoms with Gasteiger partial charge in [-0.3, -0.25) is 4.79 Å². The highest BCUT2D eigenvalue weighted by Crippen LogP contribution is 2.20. The van der Waals surface area contributed by atoms with Crippen LogP contribution in [0, 0.1) is 6.92 Å². The molecular weight excluding hydrogens is 260 g/mol. The molecule has 2 rings (SSSR count). The summed E-state index contributed by atoms with van der Waals surface area (Å²) in [5.41, 5.74) is 3.06. The fourth-order valence-electron chi connectivity index (χ4n) is 2.71. The molecule has 0 aliphatic carbocycles. The molecule has 0 bridgehead atoms. The molecule has 1 amide bonds. The smallest absolute Gasteiger partial charge is 0.267 e. The Labute approximate surface area is 127 Å². The van der Waals surface area contributed by atoms with Crippen molar-refractivity contribution in [3.8, 4) is 0 Å². The van der Waals surface area contributed by atoms with Crippen molar-refractivity contribution in [3.63, 3.8) is 0 Å². The fourth-order valence-corrected chi connectivity index (χ4v) is 2.71. The van der Waals surface area contributed by atoms with E-state index in [1.54, 1.807) is 0 Å². The van der Waals surface area contributed by atoms with Gasteiger partial charge >= 0.3 is 0 Å². The molecule has 1 aromatic heterocycles. The third-order valence-electron chi connectivity index (χ3n) is 4.00. The number of carbonyl (C=O) groups is 1. The third-order valence-corrected chi connectivity index (χ3v) is 4.00. The van der Waals surface area contributed by atoms with Crippen LogP contribution in [0.1, 0.15) is 55.1 Å². The summed E-state index contributed by atoms with van der Waals surface area (Å²) in [4.78, 5) is 12.3. The monoisotopic (exact) mass is 286 g/mol. The van der Waals surface area contributed by atoms with Crippen LogP contribution in [0.25, 0.3) is 10.9 Å². The molecule has 0 radical (unpaired) electrons. The van der Waals surface area contributed by atoms with Crippen LogP contribution in [0.5, 0.6) is 0 Å². The highest BCUT2D eigenvalue weighted by Gasteiger charge is 2.12. The number of hydrogen-bond acceptors (Lipinski definition) is 1. The molecule has 0 spiro atoms. The number of nitrogens with one attached hydrogen (secondary N) is 1. The van der Waals surface area contributed by atoms with E-state index < -0.39 is 0 Å². The summed E-state index contributed by atoms with van der Waals surface area (Å²) in [7, 11) is 1.95. The summed E-state index contributed by atoms with van der Waals surface area (Å²) in [6.07, 6.45) is 6.06. The molecule has 1 aromatic carbocycles. The molecule has 0 unspecified atom stereocenters. The molecular formula is C18H26N2O. The Morgan fingerprint density at radius 2 is 1.90 bits per heavy atom. The van der Waals surface area contributed by atoms with E-state index in [9.17, 15) is 4.79 Å². The summed E-state index contributed by atoms with van der Waals surface area (Å²) in [6.45, 7) is 5.05. The zero-order chi connectivity index (χ0) is 15.2. The molecule has 0 aliphatic heterocycles. The number of aromatic nitrogens is 1. The Kier molecular flexibility index (Phi) is 5.43. The van der Waals surface area contributed by atoms with E-state index in [0.717, 1.165) is 29.6 Å². The van der Waals surface area contributed by atoms with Crippen LogP contribution in [0.2, 0.25) is 0 Å². The fraction of sp³-hybridized carbons (Fsp3) is 0.500. The van der Waals surface area contributed by atoms with Crippen molar-refractivity contribution in [1.82, 2.24) is 9.88 Å². The first-order chi connectivity index (χ1) is 10.1. The van der Waals surface area contributed by atoms with Gasteiger partial charge in [-0.05, 0) is 31.5 Å². The molecule has 1 heterocycles. The van der Waals surface area contributed by atoms with Gasteiger partial charge < -0.3 is 9.88 Å². The lowest BCUT2D eigenvalue weighted by atomic mass is 10.1. The first-order valence-electron chi connectivity index (χ1n) is 7.97. The zero-order valence-corrected chi connectivity index (χ0v) is 13.4. The molecule has 114 valence electrons. The lowest BCUT2D eigenvalue weighted by Crippen LogP contribution is -2.26. The summed E-state index contributed by atoms with van der Waals surface area (Å²) in [6, 6.07) is 8.26. The third kappa shape index (κ3) is 3.87. The second kappa shape index (κ2) is 7.30. The van der Waals surface area contributed by atoms with Gasteiger partial charge in [-0.2, -0.15) is 0 Å². The van der Waals surface area contributed by atoms with Gasteiger partial charge in [-0.15, -0.1) is 0 Å². The van der Waals surface area contributed by atoms with Crippen molar-refractivity contribution in [1.29, 1.82) is 0 Å². The lowest BCUT2D eigenvalue weighted by Gasteiger charge is -2.06. The van der Waals surface area contributed by atoms with Crippen LogP contribution in [0.4, 0.5) is 0 Å². The van der Waals surface area contributed by atoms with Crippen molar-refractivity contribution in [2.75, 3.05) is 6.54 Å². The van der Waals surface area contributed by atoms with Gasteiger partial charge in [-0.25, -0.2) is 0 Å². The molecule has 0 saturated carbocycles. The maximum absolute atomic E-state index is 12.3. The molecule has 3 nitrogen and oxygen atoms in total. The minimum absolute atomic E-state index is 0.0295. The standard InChI is InChI=1S/C18H26N2O/c1-4-5-6-7-8-11-19-18(21)17-13-15-12-14(2)9-10-16(15)20(17)3/h9-10,12-13H,4-8,11H2,1-3H3,(H,19,21). The molecule has 0 fully saturated rings. The molecule has 0 atom stereocenters. The number of hydrogen-bond donors (Lipinski definition) is 1. The number of unbranched alkanes of at least 4 members (excludes halogenated alkanes) is 4. The molecule has 21 heavy (non-hydrogen) atoms. The molecule has 0 saturated heterocycles. The highest BCUT2D eigenvalue weighted by atomic mass is 16.1. The van der Waals surface area contributed by atoms with Gasteiger partial charge in [-0.1, -0.05) is 44.2 Å². The van der Waals surface area contributed by atoms with Gasteiger partial charge in [0.25, 0.3) is 5.91 Å². The number of carbonyl (C=O) groups excluding carboxylic acids is 1. The van der Waals surface area contributed by atoms with Crippen LogP contribution >= 0.6 is 0 Å². The van der Waals surface area contributed by atoms with E-state index in [1.807, 2.05) is 17.7 Å². The maximum atomic E-state index is 12.3. The summed E-state index contributed by atoms with van der Waals surface area (Å²) in [5.74, 6) is 0.0295. The number of rotatable bonds is 7. The number of aryl methyl sites for hydroxylation is 2. The maximum Gasteiger partial charge on any atom is 0.267 e. The second-order valence-corrected chi connectivity index (χ2v) is 5.82. The van der Waals surface area contributed by atoms with Gasteiger partial charge in [0.1, 0.15) is 5.69 Å². The number of fused-ring (bicyclic) bond motifs is 1. The van der Waals surface area contributed by atoms with Crippen LogP contribution in [-0.4, -0.2) is 17.0 Å². The van der Waals surface area contributed by atoms with Crippen molar-refractivity contribution < 1.29 is 4.79 Å². The van der Waals surface area contributed by atoms with Crippen LogP contribution in [0.3, 0.4) is 0 Å². The van der Waals surface area contributed by atoms with Crippen LogP contribution in [0.15, 0.2) is 24.3 Å². The van der Waals surface area contributed by atoms with E-state index in [-0.39, 0.29) is 5.91 Å². The molecule has 3 heteroatoms. The van der Waals surface area contributed by atoms with Crippen LogP contribution < -0.4 is 5.32 Å². The summed E-state index contributed by atoms with van der Waals surface area (Å²) in [5, 5.41) is 4.16. The SMILES string of the molecule is CCCCCCCNC(=O)c1cc2cc(C)ccc2n1C. The van der Waals surface area contributed by atoms with E-state index in [1.165, 1.54) is 31.2 Å². The van der Waals surface area contributed by atoms with E-state index in [0.29, 0.717) is 0 Å². The Bertz CT molecular complexity index is 613. The number of nitrogens with zero attached hydrogens (tertiary/aromatic N) is 1. The van der Waals surface area contributed by atoms with Gasteiger partial charge in [0.15, 0.2) is 0 Å². The quantitative estimate of drug-likeness (QED) is 0.761. The molecule has 0 aliphatic rings. The first kappa shape index (κ1) is 15.6. The van der Waals surface area contributed by atoms with Crippen LogP contribution in [-0.2, 0) is 7.05 Å². The van der Waals surface area contributed by atoms with E-state index >= 15 is 0 Å². The average Bonchev–Trinajstić information content (AvgIpc) is 2.79. The zero-order valence-electron chi connectivity index (χ0n) is 13.4. The first-order valence-corrected chi connectivity index (χ1v) is 7.97. The molecule has 1 N–H and O–H groups in total. The predicted molar refractivity (Wildman–Crippen MR) is 88.7 cm³/mol. The minimum atomic E-state index is 0.0295. The van der Waals surface area contributed by atoms with Gasteiger partial charge in [0, 0.05) is 24.5 Å². The normalized spacial score (nSPS) is 11.0. The largest absolute Gasteiger partial charge is 0.351 e. The summed E-state index contributed by atoms with van der Waals surface area (Å²) < 4.78 is 1.97. The molecule has 2 aromatic rings. The van der Waals surface area contributed by atoms with E-state index in [4.69, 9.17) is 0 Å². The van der Waals surface area contributed by atoms with Gasteiger partial charge in [0.2, 0.25) is 0 Å². The Hall–Kier alpha value is -1.77. The second-order valence-electron chi connectivity index (χ2n) is 5.82. The number of benzene rings is 1. The topological polar surface area (TPSA) is 34.0 Å². The predicted octanol–water partition coefficient (Wildman–Crippen LogP) is 4.19. The van der Waals surface area contributed by atoms with Gasteiger partial charge in [0.05, 0.1) is 0 Å². The lowest BCUT2D eigenvalue weighted by molar-refractivity contribution is 0.0945. The Balaban J connectivity index is 1.95. The Morgan fingerprint density at radius 1 is 1.14 bits per heavy atom. The summed E-state index contributed by atoms with van der Waals surface area (Å²) >= 11 is 0. The van der Waals surface area contributed by atoms with Crippen molar-refractivity contribution in [3.05, 3.63) is 35.5 Å². The average molecular weight is 286 g/mol. The highest BCUT2D eigenvalue weighted by molar-refractivity contribution is 5.98. The van der Waals surface area contributed by atoms with Crippen molar-refractivity contribution in [2.45, 2.75) is 46.0 Å². The van der Waals surface area contributed by atoms with E-state index in [2.05, 4.69) is 37.4 Å². The van der Waals surface area contributed by atoms with Crippen molar-refractivity contribution in [2.24, 2.45) is 7.05 Å². The Morgan fingerprint density at radius 3 is 2.67 bits per heavy atom. The number of amides is 1. The minimum Gasteiger partial charge on any atom is -0.351 e.